The van der Waals surface area contributed by atoms with Gasteiger partial charge in [0.15, 0.2) is 11.6 Å². The minimum Gasteiger partial charge on any atom is -0.385 e. The molecule has 2 nitrogen and oxygen atoms in total. The standard InChI is InChI=1S/C11H10F2O2/c1-15-10-3-2-6-4-8(12)9(13)5-7(6)11(10)14/h2-5,10-11,14H,1H3/t10-,11?/m0/s1. The highest BCUT2D eigenvalue weighted by Crippen LogP contribution is 2.30. The number of fused-ring (bicyclic) bond motifs is 1. The molecule has 2 rings (SSSR count). The predicted octanol–water partition coefficient (Wildman–Crippen LogP) is 2.04. The first-order valence-corrected chi connectivity index (χ1v) is 4.51. The van der Waals surface area contributed by atoms with Crippen LogP contribution in [0.4, 0.5) is 8.78 Å². The van der Waals surface area contributed by atoms with Gasteiger partial charge < -0.3 is 9.84 Å². The van der Waals surface area contributed by atoms with E-state index in [0.29, 0.717) is 11.1 Å². The van der Waals surface area contributed by atoms with Crippen LogP contribution in [0, 0.1) is 11.6 Å². The first-order valence-electron chi connectivity index (χ1n) is 4.51. The first-order chi connectivity index (χ1) is 7.13. The quantitative estimate of drug-likeness (QED) is 0.771. The average molecular weight is 212 g/mol. The van der Waals surface area contributed by atoms with Crippen LogP contribution in [0.25, 0.3) is 6.08 Å². The second-order valence-corrected chi connectivity index (χ2v) is 3.40. The van der Waals surface area contributed by atoms with E-state index in [1.807, 2.05) is 0 Å². The zero-order valence-corrected chi connectivity index (χ0v) is 8.08. The maximum atomic E-state index is 13.0. The predicted molar refractivity (Wildman–Crippen MR) is 51.1 cm³/mol. The van der Waals surface area contributed by atoms with Crippen LogP contribution >= 0.6 is 0 Å². The Bertz CT molecular complexity index is 415. The van der Waals surface area contributed by atoms with Crippen molar-refractivity contribution in [2.75, 3.05) is 7.11 Å². The maximum absolute atomic E-state index is 13.0. The van der Waals surface area contributed by atoms with Gasteiger partial charge in [0.25, 0.3) is 0 Å². The van der Waals surface area contributed by atoms with E-state index in [9.17, 15) is 13.9 Å². The van der Waals surface area contributed by atoms with Gasteiger partial charge in [-0.3, -0.25) is 0 Å². The lowest BCUT2D eigenvalue weighted by molar-refractivity contribution is 0.0148. The van der Waals surface area contributed by atoms with Crippen molar-refractivity contribution in [2.45, 2.75) is 12.2 Å². The molecule has 0 heterocycles. The second-order valence-electron chi connectivity index (χ2n) is 3.40. The molecule has 80 valence electrons. The van der Waals surface area contributed by atoms with Gasteiger partial charge in [-0.15, -0.1) is 0 Å². The zero-order chi connectivity index (χ0) is 11.0. The van der Waals surface area contributed by atoms with Gasteiger partial charge >= 0.3 is 0 Å². The Morgan fingerprint density at radius 2 is 1.93 bits per heavy atom. The van der Waals surface area contributed by atoms with Gasteiger partial charge in [-0.05, 0) is 23.3 Å². The largest absolute Gasteiger partial charge is 0.385 e. The molecule has 0 spiro atoms. The Morgan fingerprint density at radius 3 is 2.60 bits per heavy atom. The molecule has 1 aromatic carbocycles. The molecule has 1 N–H and O–H groups in total. The molecule has 1 aliphatic rings. The van der Waals surface area contributed by atoms with Crippen LogP contribution in [-0.2, 0) is 4.74 Å². The van der Waals surface area contributed by atoms with Crippen molar-refractivity contribution in [3.05, 3.63) is 41.0 Å². The van der Waals surface area contributed by atoms with Gasteiger partial charge in [-0.2, -0.15) is 0 Å². The van der Waals surface area contributed by atoms with Gasteiger partial charge in [-0.1, -0.05) is 12.2 Å². The van der Waals surface area contributed by atoms with Crippen LogP contribution in [0.1, 0.15) is 17.2 Å². The zero-order valence-electron chi connectivity index (χ0n) is 8.08. The summed E-state index contributed by atoms with van der Waals surface area (Å²) in [5.41, 5.74) is 0.831. The van der Waals surface area contributed by atoms with Crippen LogP contribution in [0.3, 0.4) is 0 Å². The molecule has 4 heteroatoms. The molecule has 0 amide bonds. The molecule has 0 fully saturated rings. The van der Waals surface area contributed by atoms with Gasteiger partial charge in [0.2, 0.25) is 0 Å². The lowest BCUT2D eigenvalue weighted by atomic mass is 9.92. The van der Waals surface area contributed by atoms with Crippen molar-refractivity contribution in [2.24, 2.45) is 0 Å². The summed E-state index contributed by atoms with van der Waals surface area (Å²) in [6.07, 6.45) is 1.76. The Morgan fingerprint density at radius 1 is 1.27 bits per heavy atom. The highest BCUT2D eigenvalue weighted by molar-refractivity contribution is 5.58. The van der Waals surface area contributed by atoms with Crippen molar-refractivity contribution in [1.29, 1.82) is 0 Å². The molecule has 2 atom stereocenters. The smallest absolute Gasteiger partial charge is 0.159 e. The molecule has 1 aromatic rings. The Hall–Kier alpha value is -1.26. The van der Waals surface area contributed by atoms with Crippen LogP contribution in [0.15, 0.2) is 18.2 Å². The third kappa shape index (κ3) is 1.66. The van der Waals surface area contributed by atoms with Gasteiger partial charge in [0, 0.05) is 7.11 Å². The van der Waals surface area contributed by atoms with E-state index in [4.69, 9.17) is 4.74 Å². The average Bonchev–Trinajstić information content (AvgIpc) is 2.22. The van der Waals surface area contributed by atoms with E-state index in [1.54, 1.807) is 12.2 Å². The number of methoxy groups -OCH3 is 1. The fourth-order valence-electron chi connectivity index (χ4n) is 1.67. The summed E-state index contributed by atoms with van der Waals surface area (Å²) in [5.74, 6) is -1.88. The summed E-state index contributed by atoms with van der Waals surface area (Å²) >= 11 is 0. The highest BCUT2D eigenvalue weighted by Gasteiger charge is 2.25. The number of benzene rings is 1. The SMILES string of the molecule is CO[C@H]1C=Cc2cc(F)c(F)cc2C1O. The molecule has 0 bridgehead atoms. The van der Waals surface area contributed by atoms with E-state index in [-0.39, 0.29) is 0 Å². The molecule has 0 saturated carbocycles. The third-order valence-electron chi connectivity index (χ3n) is 2.49. The summed E-state index contributed by atoms with van der Waals surface area (Å²) in [6, 6.07) is 2.07. The van der Waals surface area contributed by atoms with Crippen molar-refractivity contribution in [3.63, 3.8) is 0 Å². The number of hydrogen-bond donors (Lipinski definition) is 1. The van der Waals surface area contributed by atoms with E-state index >= 15 is 0 Å². The summed E-state index contributed by atoms with van der Waals surface area (Å²) in [6.45, 7) is 0. The topological polar surface area (TPSA) is 29.5 Å². The molecule has 0 aliphatic heterocycles. The summed E-state index contributed by atoms with van der Waals surface area (Å²) in [4.78, 5) is 0. The van der Waals surface area contributed by atoms with E-state index < -0.39 is 23.8 Å². The number of aliphatic hydroxyl groups is 1. The molecular weight excluding hydrogens is 202 g/mol. The summed E-state index contributed by atoms with van der Waals surface area (Å²) in [7, 11) is 1.45. The highest BCUT2D eigenvalue weighted by atomic mass is 19.2. The molecule has 0 saturated heterocycles. The molecule has 0 radical (unpaired) electrons. The number of hydrogen-bond acceptors (Lipinski definition) is 2. The van der Waals surface area contributed by atoms with E-state index in [2.05, 4.69) is 0 Å². The van der Waals surface area contributed by atoms with Crippen molar-refractivity contribution in [1.82, 2.24) is 0 Å². The Balaban J connectivity index is 2.50. The number of aliphatic hydroxyl groups excluding tert-OH is 1. The van der Waals surface area contributed by atoms with Crippen molar-refractivity contribution >= 4 is 6.08 Å². The van der Waals surface area contributed by atoms with Gasteiger partial charge in [0.1, 0.15) is 12.2 Å². The lowest BCUT2D eigenvalue weighted by Crippen LogP contribution is -2.22. The van der Waals surface area contributed by atoms with Crippen LogP contribution in [0.5, 0.6) is 0 Å². The lowest BCUT2D eigenvalue weighted by Gasteiger charge is -2.24. The van der Waals surface area contributed by atoms with Gasteiger partial charge in [-0.25, -0.2) is 8.78 Å². The number of halogens is 2. The van der Waals surface area contributed by atoms with Gasteiger partial charge in [0.05, 0.1) is 0 Å². The monoisotopic (exact) mass is 212 g/mol. The normalized spacial score (nSPS) is 24.0. The number of rotatable bonds is 1. The van der Waals surface area contributed by atoms with Crippen molar-refractivity contribution in [3.8, 4) is 0 Å². The summed E-state index contributed by atoms with van der Waals surface area (Å²) < 4.78 is 30.8. The van der Waals surface area contributed by atoms with Crippen molar-refractivity contribution < 1.29 is 18.6 Å². The minimum absolute atomic E-state index is 0.350. The van der Waals surface area contributed by atoms with Crippen LogP contribution in [-0.4, -0.2) is 18.3 Å². The minimum atomic E-state index is -0.960. The van der Waals surface area contributed by atoms with Crippen LogP contribution in [0.2, 0.25) is 0 Å². The fourth-order valence-corrected chi connectivity index (χ4v) is 1.67. The second kappa shape index (κ2) is 3.72. The number of ether oxygens (including phenoxy) is 1. The fraction of sp³-hybridized carbons (Fsp3) is 0.273. The molecular formula is C11H10F2O2. The molecule has 15 heavy (non-hydrogen) atoms. The summed E-state index contributed by atoms with van der Waals surface area (Å²) in [5, 5.41) is 9.77. The Labute approximate surface area is 85.8 Å². The first kappa shape index (κ1) is 10.3. The molecule has 0 aromatic heterocycles. The molecule has 1 aliphatic carbocycles. The third-order valence-corrected chi connectivity index (χ3v) is 2.49. The van der Waals surface area contributed by atoms with E-state index in [0.717, 1.165) is 12.1 Å². The van der Waals surface area contributed by atoms with Crippen LogP contribution < -0.4 is 0 Å². The Kier molecular flexibility index (Phi) is 2.54. The maximum Gasteiger partial charge on any atom is 0.159 e. The molecule has 1 unspecified atom stereocenters. The van der Waals surface area contributed by atoms with E-state index in [1.165, 1.54) is 7.11 Å².